The molecule has 1 N–H and O–H groups in total. The van der Waals surface area contributed by atoms with Gasteiger partial charge in [-0.2, -0.15) is 13.9 Å². The van der Waals surface area contributed by atoms with Crippen molar-refractivity contribution in [3.63, 3.8) is 0 Å². The van der Waals surface area contributed by atoms with Gasteiger partial charge < -0.3 is 14.9 Å². The summed E-state index contributed by atoms with van der Waals surface area (Å²) in [6.07, 6.45) is 2.83. The van der Waals surface area contributed by atoms with Gasteiger partial charge in [-0.3, -0.25) is 9.59 Å². The molecule has 2 aliphatic rings. The number of carboxylic acids is 1. The molecule has 3 rings (SSSR count). The van der Waals surface area contributed by atoms with Crippen molar-refractivity contribution in [3.05, 3.63) is 18.0 Å². The van der Waals surface area contributed by atoms with Crippen molar-refractivity contribution in [1.29, 1.82) is 0 Å². The third kappa shape index (κ3) is 2.66. The first kappa shape index (κ1) is 16.8. The molecule has 3 heterocycles. The van der Waals surface area contributed by atoms with E-state index in [1.54, 1.807) is 0 Å². The number of carbonyl (C=O) groups excluding carboxylic acids is 1. The van der Waals surface area contributed by atoms with Gasteiger partial charge in [0.2, 0.25) is 0 Å². The van der Waals surface area contributed by atoms with Gasteiger partial charge in [-0.05, 0) is 38.9 Å². The number of rotatable bonds is 3. The van der Waals surface area contributed by atoms with Gasteiger partial charge >= 0.3 is 12.5 Å². The molecule has 0 spiro atoms. The van der Waals surface area contributed by atoms with Crippen molar-refractivity contribution in [2.45, 2.75) is 31.9 Å². The van der Waals surface area contributed by atoms with Crippen molar-refractivity contribution >= 4 is 11.9 Å². The van der Waals surface area contributed by atoms with E-state index in [9.17, 15) is 23.5 Å². The predicted octanol–water partition coefficient (Wildman–Crippen LogP) is 1.29. The molecule has 132 valence electrons. The number of aromatic nitrogens is 2. The van der Waals surface area contributed by atoms with E-state index in [1.807, 2.05) is 11.9 Å². The number of hydrogen-bond acceptors (Lipinski definition) is 4. The Morgan fingerprint density at radius 2 is 2.12 bits per heavy atom. The molecule has 9 heteroatoms. The Bertz CT molecular complexity index is 650. The minimum atomic E-state index is -2.79. The van der Waals surface area contributed by atoms with Crippen LogP contribution in [-0.2, 0) is 4.79 Å². The molecule has 1 aromatic heterocycles. The third-order valence-electron chi connectivity index (χ3n) is 5.27. The second kappa shape index (κ2) is 6.12. The molecule has 7 nitrogen and oxygen atoms in total. The summed E-state index contributed by atoms with van der Waals surface area (Å²) in [6, 6.07) is 0.983. The molecule has 2 aliphatic heterocycles. The number of amides is 1. The number of alkyl halides is 2. The third-order valence-corrected chi connectivity index (χ3v) is 5.27. The highest BCUT2D eigenvalue weighted by Crippen LogP contribution is 2.42. The summed E-state index contributed by atoms with van der Waals surface area (Å²) in [5, 5.41) is 13.3. The van der Waals surface area contributed by atoms with E-state index >= 15 is 0 Å². The van der Waals surface area contributed by atoms with Crippen LogP contribution in [0.25, 0.3) is 0 Å². The lowest BCUT2D eigenvalue weighted by Gasteiger charge is -2.51. The molecular weight excluding hydrogens is 322 g/mol. The highest BCUT2D eigenvalue weighted by molar-refractivity contribution is 5.92. The van der Waals surface area contributed by atoms with Gasteiger partial charge in [0.15, 0.2) is 5.69 Å². The maximum absolute atomic E-state index is 12.6. The molecule has 2 atom stereocenters. The van der Waals surface area contributed by atoms with E-state index in [0.29, 0.717) is 17.5 Å². The average Bonchev–Trinajstić information content (AvgIpc) is 3.04. The molecule has 0 bridgehead atoms. The van der Waals surface area contributed by atoms with E-state index in [1.165, 1.54) is 11.0 Å². The van der Waals surface area contributed by atoms with Gasteiger partial charge in [0.05, 0.1) is 5.41 Å². The van der Waals surface area contributed by atoms with Crippen molar-refractivity contribution < 1.29 is 23.5 Å². The van der Waals surface area contributed by atoms with Crippen LogP contribution in [0, 0.1) is 5.41 Å². The van der Waals surface area contributed by atoms with Gasteiger partial charge in [-0.25, -0.2) is 4.68 Å². The standard InChI is InChI=1S/C15H20F2N4O3/c1-19-6-2-4-15(13(23)24)5-8-20(9-11(15)19)12(22)10-3-7-21(18-10)14(16)17/h3,7,11,14H,2,4-6,8-9H2,1H3,(H,23,24)/t11-,15+/m1/s1. The maximum atomic E-state index is 12.6. The molecular formula is C15H20F2N4O3. The maximum Gasteiger partial charge on any atom is 0.333 e. The van der Waals surface area contributed by atoms with Crippen LogP contribution in [-0.4, -0.2) is 69.3 Å². The number of carboxylic acid groups (broad SMARTS) is 1. The number of fused-ring (bicyclic) bond motifs is 1. The van der Waals surface area contributed by atoms with Gasteiger partial charge in [-0.1, -0.05) is 0 Å². The van der Waals surface area contributed by atoms with Crippen LogP contribution in [0.4, 0.5) is 8.78 Å². The van der Waals surface area contributed by atoms with Crippen LogP contribution >= 0.6 is 0 Å². The van der Waals surface area contributed by atoms with Crippen LogP contribution in [0.3, 0.4) is 0 Å². The molecule has 1 amide bonds. The molecule has 0 unspecified atom stereocenters. The smallest absolute Gasteiger partial charge is 0.333 e. The van der Waals surface area contributed by atoms with Crippen molar-refractivity contribution in [3.8, 4) is 0 Å². The first-order valence-electron chi connectivity index (χ1n) is 7.91. The number of nitrogens with zero attached hydrogens (tertiary/aromatic N) is 4. The molecule has 2 saturated heterocycles. The number of carbonyl (C=O) groups is 2. The zero-order valence-electron chi connectivity index (χ0n) is 13.4. The van der Waals surface area contributed by atoms with Crippen molar-refractivity contribution in [1.82, 2.24) is 19.6 Å². The predicted molar refractivity (Wildman–Crippen MR) is 79.7 cm³/mol. The highest BCUT2D eigenvalue weighted by atomic mass is 19.3. The normalized spacial score (nSPS) is 28.0. The fourth-order valence-corrected chi connectivity index (χ4v) is 3.89. The monoisotopic (exact) mass is 342 g/mol. The summed E-state index contributed by atoms with van der Waals surface area (Å²) in [4.78, 5) is 27.9. The van der Waals surface area contributed by atoms with Crippen LogP contribution in [0.2, 0.25) is 0 Å². The topological polar surface area (TPSA) is 78.7 Å². The Morgan fingerprint density at radius 3 is 2.75 bits per heavy atom. The number of likely N-dealkylation sites (N-methyl/N-ethyl adjacent to an activating group) is 1. The van der Waals surface area contributed by atoms with Gasteiger partial charge in [0, 0.05) is 25.3 Å². The van der Waals surface area contributed by atoms with Crippen LogP contribution in [0.1, 0.15) is 36.3 Å². The first-order chi connectivity index (χ1) is 11.3. The summed E-state index contributed by atoms with van der Waals surface area (Å²) < 4.78 is 25.6. The number of likely N-dealkylation sites (tertiary alicyclic amines) is 2. The van der Waals surface area contributed by atoms with E-state index in [-0.39, 0.29) is 24.8 Å². The number of hydrogen-bond donors (Lipinski definition) is 1. The van der Waals surface area contributed by atoms with Gasteiger partial charge in [0.25, 0.3) is 5.91 Å². The summed E-state index contributed by atoms with van der Waals surface area (Å²) in [6.45, 7) is -1.46. The summed E-state index contributed by atoms with van der Waals surface area (Å²) >= 11 is 0. The Morgan fingerprint density at radius 1 is 1.38 bits per heavy atom. The first-order valence-corrected chi connectivity index (χ1v) is 7.91. The minimum Gasteiger partial charge on any atom is -0.481 e. The van der Waals surface area contributed by atoms with Crippen molar-refractivity contribution in [2.24, 2.45) is 5.41 Å². The Hall–Kier alpha value is -2.03. The lowest BCUT2D eigenvalue weighted by molar-refractivity contribution is -0.161. The molecule has 1 aromatic rings. The number of aliphatic carboxylic acids is 1. The second-order valence-electron chi connectivity index (χ2n) is 6.52. The average molecular weight is 342 g/mol. The summed E-state index contributed by atoms with van der Waals surface area (Å²) in [5.41, 5.74) is -0.886. The van der Waals surface area contributed by atoms with Gasteiger partial charge in [-0.15, -0.1) is 0 Å². The summed E-state index contributed by atoms with van der Waals surface area (Å²) in [7, 11) is 1.86. The van der Waals surface area contributed by atoms with Crippen LogP contribution < -0.4 is 0 Å². The molecule has 0 radical (unpaired) electrons. The Kier molecular flexibility index (Phi) is 4.29. The largest absolute Gasteiger partial charge is 0.481 e. The van der Waals surface area contributed by atoms with Crippen LogP contribution in [0.5, 0.6) is 0 Å². The molecule has 24 heavy (non-hydrogen) atoms. The second-order valence-corrected chi connectivity index (χ2v) is 6.52. The van der Waals surface area contributed by atoms with Crippen LogP contribution in [0.15, 0.2) is 12.3 Å². The fourth-order valence-electron chi connectivity index (χ4n) is 3.89. The molecule has 0 saturated carbocycles. The molecule has 2 fully saturated rings. The number of halogens is 2. The van der Waals surface area contributed by atoms with E-state index in [0.717, 1.165) is 19.2 Å². The highest BCUT2D eigenvalue weighted by Gasteiger charge is 2.52. The summed E-state index contributed by atoms with van der Waals surface area (Å²) in [5.74, 6) is -1.26. The van der Waals surface area contributed by atoms with Gasteiger partial charge in [0.1, 0.15) is 0 Å². The number of piperidine rings is 2. The fraction of sp³-hybridized carbons (Fsp3) is 0.667. The van der Waals surface area contributed by atoms with Crippen molar-refractivity contribution in [2.75, 3.05) is 26.7 Å². The molecule has 0 aliphatic carbocycles. The zero-order chi connectivity index (χ0) is 17.5. The lowest BCUT2D eigenvalue weighted by atomic mass is 9.68. The van der Waals surface area contributed by atoms with E-state index in [2.05, 4.69) is 5.10 Å². The van der Waals surface area contributed by atoms with E-state index in [4.69, 9.17) is 0 Å². The zero-order valence-corrected chi connectivity index (χ0v) is 13.4. The quantitative estimate of drug-likeness (QED) is 0.895. The Balaban J connectivity index is 1.79. The minimum absolute atomic E-state index is 0.0448. The molecule has 0 aromatic carbocycles. The lowest BCUT2D eigenvalue weighted by Crippen LogP contribution is -2.63. The Labute approximate surface area is 137 Å². The SMILES string of the molecule is CN1CCC[C@]2(C(=O)O)CCN(C(=O)c3ccn(C(F)F)n3)C[C@@H]12. The van der Waals surface area contributed by atoms with E-state index < -0.39 is 23.8 Å².